The van der Waals surface area contributed by atoms with Crippen molar-refractivity contribution >= 4 is 6.09 Å². The van der Waals surface area contributed by atoms with Gasteiger partial charge in [-0.15, -0.1) is 0 Å². The number of amides is 1. The first-order valence-electron chi connectivity index (χ1n) is 12.9. The van der Waals surface area contributed by atoms with Crippen molar-refractivity contribution in [3.05, 3.63) is 107 Å². The number of hydrogen-bond donors (Lipinski definition) is 1. The molecule has 0 aromatic heterocycles. The third-order valence-corrected chi connectivity index (χ3v) is 6.92. The second kappa shape index (κ2) is 12.8. The second-order valence-electron chi connectivity index (χ2n) is 9.71. The normalized spacial score (nSPS) is 19.4. The van der Waals surface area contributed by atoms with Gasteiger partial charge in [0.25, 0.3) is 0 Å². The molecule has 1 fully saturated rings. The van der Waals surface area contributed by atoms with E-state index in [1.807, 2.05) is 60.7 Å². The number of carbonyl (C=O) groups excluding carboxylic acids is 1. The zero-order chi connectivity index (χ0) is 28.8. The summed E-state index contributed by atoms with van der Waals surface area (Å²) in [5.41, 5.74) is -0.883. The highest BCUT2D eigenvalue weighted by Gasteiger charge is 2.39. The van der Waals surface area contributed by atoms with Gasteiger partial charge in [0, 0.05) is 18.4 Å². The Balaban J connectivity index is 1.39. The average Bonchev–Trinajstić information content (AvgIpc) is 3.30. The Bertz CT molecular complexity index is 1220. The molecule has 0 saturated heterocycles. The van der Waals surface area contributed by atoms with Crippen molar-refractivity contribution in [2.24, 2.45) is 0 Å². The predicted molar refractivity (Wildman–Crippen MR) is 137 cm³/mol. The molecular formula is C30H29F6NO3. The van der Waals surface area contributed by atoms with Crippen molar-refractivity contribution in [1.29, 1.82) is 0 Å². The van der Waals surface area contributed by atoms with Crippen LogP contribution in [0.1, 0.15) is 46.6 Å². The smallest absolute Gasteiger partial charge is 0.416 e. The van der Waals surface area contributed by atoms with E-state index in [4.69, 9.17) is 9.47 Å². The van der Waals surface area contributed by atoms with E-state index in [0.29, 0.717) is 19.3 Å². The van der Waals surface area contributed by atoms with E-state index in [9.17, 15) is 31.1 Å². The van der Waals surface area contributed by atoms with E-state index >= 15 is 0 Å². The second-order valence-corrected chi connectivity index (χ2v) is 9.71. The van der Waals surface area contributed by atoms with Gasteiger partial charge in [0.1, 0.15) is 0 Å². The fourth-order valence-electron chi connectivity index (χ4n) is 5.02. The number of nitrogens with one attached hydrogen (secondary N) is 1. The number of carbonyl (C=O) groups is 1. The Morgan fingerprint density at radius 2 is 1.32 bits per heavy atom. The van der Waals surface area contributed by atoms with Crippen molar-refractivity contribution < 1.29 is 40.6 Å². The number of alkyl carbamates (subject to hydrolysis) is 1. The lowest BCUT2D eigenvalue weighted by molar-refractivity contribution is -0.143. The van der Waals surface area contributed by atoms with Crippen molar-refractivity contribution in [3.63, 3.8) is 0 Å². The molecule has 0 spiro atoms. The molecule has 1 aliphatic rings. The summed E-state index contributed by atoms with van der Waals surface area (Å²) in [7, 11) is 0. The maximum Gasteiger partial charge on any atom is 0.416 e. The predicted octanol–water partition coefficient (Wildman–Crippen LogP) is 7.57. The molecule has 0 heterocycles. The highest BCUT2D eigenvalue weighted by Crippen LogP contribution is 2.38. The van der Waals surface area contributed by atoms with Gasteiger partial charge in [0.05, 0.1) is 30.4 Å². The fraction of sp³-hybridized carbons (Fsp3) is 0.367. The standard InChI is InChI=1S/C30H29F6NO3/c31-29(32,33)23-17-21(18-24(19-23)30(34,35)36)14-15-39-26-12-11-25(27(26)22-9-5-2-6-10-22)37-28(38)40-16-13-20-7-3-1-4-8-20/h1-10,17-19,25-27H,11-16H2,(H,37,38). The quantitative estimate of drug-likeness (QED) is 0.272. The molecule has 10 heteroatoms. The molecule has 214 valence electrons. The molecule has 4 nitrogen and oxygen atoms in total. The average molecular weight is 566 g/mol. The van der Waals surface area contributed by atoms with Crippen molar-refractivity contribution in [2.75, 3.05) is 13.2 Å². The molecule has 3 aromatic carbocycles. The molecule has 3 aromatic rings. The molecule has 4 rings (SSSR count). The van der Waals surface area contributed by atoms with Crippen LogP contribution in [0.2, 0.25) is 0 Å². The Kier molecular flexibility index (Phi) is 9.40. The van der Waals surface area contributed by atoms with E-state index in [0.717, 1.165) is 23.3 Å². The highest BCUT2D eigenvalue weighted by atomic mass is 19.4. The number of hydrogen-bond acceptors (Lipinski definition) is 3. The van der Waals surface area contributed by atoms with Crippen LogP contribution in [0.15, 0.2) is 78.9 Å². The van der Waals surface area contributed by atoms with E-state index in [2.05, 4.69) is 5.32 Å². The molecule has 1 saturated carbocycles. The number of rotatable bonds is 9. The monoisotopic (exact) mass is 565 g/mol. The van der Waals surface area contributed by atoms with Crippen LogP contribution >= 0.6 is 0 Å². The first-order valence-corrected chi connectivity index (χ1v) is 12.9. The van der Waals surface area contributed by atoms with Crippen LogP contribution < -0.4 is 5.32 Å². The lowest BCUT2D eigenvalue weighted by atomic mass is 9.92. The maximum absolute atomic E-state index is 13.2. The van der Waals surface area contributed by atoms with Gasteiger partial charge in [0.2, 0.25) is 0 Å². The van der Waals surface area contributed by atoms with Crippen LogP contribution in [0.5, 0.6) is 0 Å². The lowest BCUT2D eigenvalue weighted by Gasteiger charge is -2.26. The molecule has 0 radical (unpaired) electrons. The molecule has 1 N–H and O–H groups in total. The van der Waals surface area contributed by atoms with Gasteiger partial charge >= 0.3 is 18.4 Å². The first-order chi connectivity index (χ1) is 19.0. The van der Waals surface area contributed by atoms with E-state index in [1.54, 1.807) is 0 Å². The van der Waals surface area contributed by atoms with Gasteiger partial charge in [-0.2, -0.15) is 26.3 Å². The molecule has 0 bridgehead atoms. The number of ether oxygens (including phenoxy) is 2. The third-order valence-electron chi connectivity index (χ3n) is 6.92. The van der Waals surface area contributed by atoms with Crippen LogP contribution in [-0.2, 0) is 34.7 Å². The van der Waals surface area contributed by atoms with Crippen molar-refractivity contribution in [3.8, 4) is 0 Å². The number of halogens is 6. The Morgan fingerprint density at radius 1 is 0.750 bits per heavy atom. The summed E-state index contributed by atoms with van der Waals surface area (Å²) >= 11 is 0. The SMILES string of the molecule is O=C(NC1CCC(OCCc2cc(C(F)(F)F)cc(C(F)(F)F)c2)C1c1ccccc1)OCCc1ccccc1. The molecule has 1 aliphatic carbocycles. The Labute approximate surface area is 228 Å². The number of benzene rings is 3. The summed E-state index contributed by atoms with van der Waals surface area (Å²) in [4.78, 5) is 12.5. The van der Waals surface area contributed by atoms with Crippen LogP contribution in [0.3, 0.4) is 0 Å². The van der Waals surface area contributed by atoms with Crippen LogP contribution in [0.25, 0.3) is 0 Å². The van der Waals surface area contributed by atoms with Gasteiger partial charge in [0.15, 0.2) is 0 Å². The van der Waals surface area contributed by atoms with Crippen molar-refractivity contribution in [1.82, 2.24) is 5.32 Å². The van der Waals surface area contributed by atoms with Crippen molar-refractivity contribution in [2.45, 2.75) is 56.1 Å². The van der Waals surface area contributed by atoms with E-state index < -0.39 is 35.7 Å². The highest BCUT2D eigenvalue weighted by molar-refractivity contribution is 5.68. The van der Waals surface area contributed by atoms with Gasteiger partial charge in [-0.1, -0.05) is 60.7 Å². The maximum atomic E-state index is 13.2. The first kappa shape index (κ1) is 29.5. The summed E-state index contributed by atoms with van der Waals surface area (Å²) in [6, 6.07) is 20.2. The summed E-state index contributed by atoms with van der Waals surface area (Å²) in [5, 5.41) is 2.91. The van der Waals surface area contributed by atoms with Crippen LogP contribution in [0, 0.1) is 0 Å². The third kappa shape index (κ3) is 8.00. The lowest BCUT2D eigenvalue weighted by Crippen LogP contribution is -2.39. The molecule has 40 heavy (non-hydrogen) atoms. The Hall–Kier alpha value is -3.53. The van der Waals surface area contributed by atoms with Gasteiger partial charge < -0.3 is 14.8 Å². The van der Waals surface area contributed by atoms with Crippen LogP contribution in [-0.4, -0.2) is 31.5 Å². The minimum atomic E-state index is -4.91. The molecule has 1 amide bonds. The Morgan fingerprint density at radius 3 is 1.93 bits per heavy atom. The van der Waals surface area contributed by atoms with E-state index in [1.165, 1.54) is 0 Å². The number of alkyl halides is 6. The minimum absolute atomic E-state index is 0.0825. The zero-order valence-corrected chi connectivity index (χ0v) is 21.5. The zero-order valence-electron chi connectivity index (χ0n) is 21.5. The van der Waals surface area contributed by atoms with Gasteiger partial charge in [-0.05, 0) is 54.2 Å². The molecule has 0 aliphatic heterocycles. The largest absolute Gasteiger partial charge is 0.449 e. The molecule has 3 atom stereocenters. The van der Waals surface area contributed by atoms with E-state index in [-0.39, 0.29) is 43.2 Å². The molecule has 3 unspecified atom stereocenters. The topological polar surface area (TPSA) is 47.6 Å². The van der Waals surface area contributed by atoms with Crippen LogP contribution in [0.4, 0.5) is 31.1 Å². The van der Waals surface area contributed by atoms with Gasteiger partial charge in [-0.3, -0.25) is 0 Å². The summed E-state index contributed by atoms with van der Waals surface area (Å²) in [5.74, 6) is -0.268. The summed E-state index contributed by atoms with van der Waals surface area (Å²) in [6.45, 7) is 0.121. The van der Waals surface area contributed by atoms with Gasteiger partial charge in [-0.25, -0.2) is 4.79 Å². The minimum Gasteiger partial charge on any atom is -0.449 e. The fourth-order valence-corrected chi connectivity index (χ4v) is 5.02. The summed E-state index contributed by atoms with van der Waals surface area (Å²) < 4.78 is 90.7. The molecular weight excluding hydrogens is 536 g/mol. The summed E-state index contributed by atoms with van der Waals surface area (Å²) in [6.07, 6.45) is -9.23.